The predicted molar refractivity (Wildman–Crippen MR) is 122 cm³/mol. The minimum Gasteiger partial charge on any atom is -0.394 e. The fourth-order valence-electron chi connectivity index (χ4n) is 2.82. The second-order valence-electron chi connectivity index (χ2n) is 7.43. The third kappa shape index (κ3) is 6.75. The van der Waals surface area contributed by atoms with Gasteiger partial charge in [-0.05, 0) is 31.2 Å². The third-order valence-electron chi connectivity index (χ3n) is 4.22. The van der Waals surface area contributed by atoms with Crippen LogP contribution in [0.25, 0.3) is 11.4 Å². The lowest BCUT2D eigenvalue weighted by molar-refractivity contribution is 0.262. The smallest absolute Gasteiger partial charge is 0.323 e. The fourth-order valence-corrected chi connectivity index (χ4v) is 3.51. The van der Waals surface area contributed by atoms with E-state index in [1.54, 1.807) is 55.2 Å². The van der Waals surface area contributed by atoms with Gasteiger partial charge in [-0.2, -0.15) is 5.10 Å². The first-order valence-electron chi connectivity index (χ1n) is 9.71. The van der Waals surface area contributed by atoms with Crippen LogP contribution >= 0.6 is 0 Å². The van der Waals surface area contributed by atoms with Crippen molar-refractivity contribution in [1.82, 2.24) is 19.7 Å². The summed E-state index contributed by atoms with van der Waals surface area (Å²) in [5.41, 5.74) is 2.09. The summed E-state index contributed by atoms with van der Waals surface area (Å²) in [5, 5.41) is 21.7. The molecule has 32 heavy (non-hydrogen) atoms. The van der Waals surface area contributed by atoms with Gasteiger partial charge in [-0.25, -0.2) is 23.2 Å². The Balaban J connectivity index is 1.79. The van der Waals surface area contributed by atoms with E-state index in [0.717, 1.165) is 6.26 Å². The SMILES string of the molecule is C[C@@H](CO)Nc1cc(CS(C)(=O)=O)nc(-c2ccc(NC(=O)Nc3cnn(C)c3)cc2)n1. The van der Waals surface area contributed by atoms with Gasteiger partial charge in [-0.3, -0.25) is 4.68 Å². The summed E-state index contributed by atoms with van der Waals surface area (Å²) in [4.78, 5) is 20.9. The number of aliphatic hydroxyl groups is 1. The predicted octanol–water partition coefficient (Wildman–Crippen LogP) is 1.86. The van der Waals surface area contributed by atoms with Crippen LogP contribution in [0.3, 0.4) is 0 Å². The molecular weight excluding hydrogens is 434 g/mol. The second-order valence-corrected chi connectivity index (χ2v) is 9.57. The van der Waals surface area contributed by atoms with E-state index in [9.17, 15) is 18.3 Å². The Hall–Kier alpha value is -3.51. The Morgan fingerprint density at radius 1 is 1.16 bits per heavy atom. The molecule has 2 aromatic heterocycles. The number of amides is 2. The number of aromatic nitrogens is 4. The van der Waals surface area contributed by atoms with Crippen molar-refractivity contribution in [2.45, 2.75) is 18.7 Å². The van der Waals surface area contributed by atoms with Crippen molar-refractivity contribution in [3.8, 4) is 11.4 Å². The van der Waals surface area contributed by atoms with Crippen LogP contribution in [0.2, 0.25) is 0 Å². The Morgan fingerprint density at radius 2 is 1.84 bits per heavy atom. The molecule has 3 rings (SSSR count). The Labute approximate surface area is 185 Å². The van der Waals surface area contributed by atoms with Gasteiger partial charge in [0.25, 0.3) is 0 Å². The van der Waals surface area contributed by atoms with Crippen LogP contribution < -0.4 is 16.0 Å². The molecule has 0 saturated heterocycles. The lowest BCUT2D eigenvalue weighted by Crippen LogP contribution is -2.20. The van der Waals surface area contributed by atoms with Crippen LogP contribution in [0.1, 0.15) is 12.6 Å². The molecule has 1 atom stereocenters. The molecule has 0 aliphatic heterocycles. The van der Waals surface area contributed by atoms with Crippen LogP contribution in [-0.4, -0.2) is 58.2 Å². The first-order chi connectivity index (χ1) is 15.1. The number of aryl methyl sites for hydroxylation is 1. The van der Waals surface area contributed by atoms with E-state index in [1.165, 1.54) is 6.20 Å². The van der Waals surface area contributed by atoms with Gasteiger partial charge in [0.05, 0.1) is 29.9 Å². The molecule has 12 heteroatoms. The summed E-state index contributed by atoms with van der Waals surface area (Å²) >= 11 is 0. The molecule has 0 bridgehead atoms. The van der Waals surface area contributed by atoms with E-state index in [0.29, 0.717) is 34.3 Å². The van der Waals surface area contributed by atoms with Crippen LogP contribution in [0.15, 0.2) is 42.7 Å². The molecule has 4 N–H and O–H groups in total. The van der Waals surface area contributed by atoms with Gasteiger partial charge >= 0.3 is 6.03 Å². The third-order valence-corrected chi connectivity index (χ3v) is 5.04. The van der Waals surface area contributed by atoms with Gasteiger partial charge in [0.2, 0.25) is 0 Å². The number of aliphatic hydroxyl groups excluding tert-OH is 1. The lowest BCUT2D eigenvalue weighted by Gasteiger charge is -2.14. The number of carbonyl (C=O) groups excluding carboxylic acids is 1. The number of carbonyl (C=O) groups is 1. The first-order valence-corrected chi connectivity index (χ1v) is 11.8. The molecule has 170 valence electrons. The van der Waals surface area contributed by atoms with Crippen molar-refractivity contribution < 1.29 is 18.3 Å². The van der Waals surface area contributed by atoms with Crippen LogP contribution in [0, 0.1) is 0 Å². The highest BCUT2D eigenvalue weighted by Gasteiger charge is 2.13. The van der Waals surface area contributed by atoms with Crippen molar-refractivity contribution in [3.05, 3.63) is 48.4 Å². The molecule has 11 nitrogen and oxygen atoms in total. The lowest BCUT2D eigenvalue weighted by atomic mass is 10.2. The number of benzene rings is 1. The number of hydrogen-bond donors (Lipinski definition) is 4. The summed E-state index contributed by atoms with van der Waals surface area (Å²) in [7, 11) is -1.55. The summed E-state index contributed by atoms with van der Waals surface area (Å²) in [6, 6.07) is 7.69. The number of sulfone groups is 1. The number of nitrogens with one attached hydrogen (secondary N) is 3. The topological polar surface area (TPSA) is 151 Å². The molecule has 2 heterocycles. The van der Waals surface area contributed by atoms with Crippen LogP contribution in [-0.2, 0) is 22.6 Å². The summed E-state index contributed by atoms with van der Waals surface area (Å²) in [5.74, 6) is 0.497. The molecule has 0 fully saturated rings. The minimum atomic E-state index is -3.30. The highest BCUT2D eigenvalue weighted by molar-refractivity contribution is 7.89. The molecule has 0 aliphatic carbocycles. The van der Waals surface area contributed by atoms with Gasteiger partial charge in [0.1, 0.15) is 5.82 Å². The van der Waals surface area contributed by atoms with Gasteiger partial charge in [0, 0.05) is 42.9 Å². The standard InChI is InChI=1S/C20H25N7O4S/c1-13(11-28)22-18-8-16(12-32(3,30)31)23-19(26-18)14-4-6-15(7-5-14)24-20(29)25-17-9-21-27(2)10-17/h4-10,13,28H,11-12H2,1-3H3,(H,22,23,26)(H2,24,25,29)/t13-/m0/s1. The van der Waals surface area contributed by atoms with Crippen molar-refractivity contribution in [2.24, 2.45) is 7.05 Å². The van der Waals surface area contributed by atoms with E-state index >= 15 is 0 Å². The quantitative estimate of drug-likeness (QED) is 0.398. The molecule has 1 aromatic carbocycles. The van der Waals surface area contributed by atoms with Gasteiger partial charge in [0.15, 0.2) is 15.7 Å². The number of anilines is 3. The molecule has 3 aromatic rings. The number of hydrogen-bond acceptors (Lipinski definition) is 8. The summed E-state index contributed by atoms with van der Waals surface area (Å²) in [6.45, 7) is 1.66. The average molecular weight is 460 g/mol. The molecule has 0 radical (unpaired) electrons. The van der Waals surface area contributed by atoms with Crippen molar-refractivity contribution in [3.63, 3.8) is 0 Å². The maximum absolute atomic E-state index is 12.1. The molecule has 0 unspecified atom stereocenters. The maximum Gasteiger partial charge on any atom is 0.323 e. The number of nitrogens with zero attached hydrogens (tertiary/aromatic N) is 4. The van der Waals surface area contributed by atoms with Crippen LogP contribution in [0.4, 0.5) is 22.0 Å². The van der Waals surface area contributed by atoms with Crippen molar-refractivity contribution in [2.75, 3.05) is 28.8 Å². The number of rotatable bonds is 8. The van der Waals surface area contributed by atoms with Gasteiger partial charge in [-0.1, -0.05) is 0 Å². The molecule has 2 amide bonds. The first kappa shape index (κ1) is 23.2. The van der Waals surface area contributed by atoms with Crippen molar-refractivity contribution >= 4 is 33.1 Å². The van der Waals surface area contributed by atoms with E-state index in [4.69, 9.17) is 0 Å². The van der Waals surface area contributed by atoms with E-state index in [2.05, 4.69) is 31.0 Å². The molecule has 0 spiro atoms. The largest absolute Gasteiger partial charge is 0.394 e. The molecule has 0 aliphatic rings. The number of urea groups is 1. The Bertz CT molecular complexity index is 1190. The van der Waals surface area contributed by atoms with E-state index in [1.807, 2.05) is 0 Å². The summed E-state index contributed by atoms with van der Waals surface area (Å²) in [6.07, 6.45) is 4.34. The monoisotopic (exact) mass is 459 g/mol. The zero-order valence-electron chi connectivity index (χ0n) is 17.9. The zero-order valence-corrected chi connectivity index (χ0v) is 18.7. The van der Waals surface area contributed by atoms with Crippen LogP contribution in [0.5, 0.6) is 0 Å². The normalized spacial score (nSPS) is 12.2. The minimum absolute atomic E-state index is 0.109. The highest BCUT2D eigenvalue weighted by atomic mass is 32.2. The van der Waals surface area contributed by atoms with Gasteiger partial charge < -0.3 is 21.1 Å². The molecule has 0 saturated carbocycles. The second kappa shape index (κ2) is 9.75. The zero-order chi connectivity index (χ0) is 23.3. The Morgan fingerprint density at radius 3 is 2.44 bits per heavy atom. The van der Waals surface area contributed by atoms with Crippen molar-refractivity contribution in [1.29, 1.82) is 0 Å². The van der Waals surface area contributed by atoms with E-state index in [-0.39, 0.29) is 18.4 Å². The van der Waals surface area contributed by atoms with E-state index < -0.39 is 15.9 Å². The maximum atomic E-state index is 12.1. The Kier molecular flexibility index (Phi) is 7.05. The average Bonchev–Trinajstić information content (AvgIpc) is 3.11. The highest BCUT2D eigenvalue weighted by Crippen LogP contribution is 2.22. The summed E-state index contributed by atoms with van der Waals surface area (Å²) < 4.78 is 25.1. The molecular formula is C20H25N7O4S. The fraction of sp³-hybridized carbons (Fsp3) is 0.300. The van der Waals surface area contributed by atoms with Gasteiger partial charge in [-0.15, -0.1) is 0 Å².